The Labute approximate surface area is 69.9 Å². The molecule has 3 heteroatoms. The van der Waals surface area contributed by atoms with E-state index >= 15 is 0 Å². The van der Waals surface area contributed by atoms with Crippen LogP contribution in [0.1, 0.15) is 30.5 Å². The fourth-order valence-electron chi connectivity index (χ4n) is 1.06. The Morgan fingerprint density at radius 1 is 1.73 bits per heavy atom. The van der Waals surface area contributed by atoms with Crippen LogP contribution in [0.3, 0.4) is 0 Å². The molecule has 0 amide bonds. The van der Waals surface area contributed by atoms with Gasteiger partial charge in [-0.15, -0.1) is 11.3 Å². The first-order valence-electron chi connectivity index (χ1n) is 3.80. The lowest BCUT2D eigenvalue weighted by molar-refractivity contribution is 0.277. The molecule has 0 radical (unpaired) electrons. The minimum atomic E-state index is 0.0760. The van der Waals surface area contributed by atoms with Crippen molar-refractivity contribution in [3.05, 3.63) is 16.1 Å². The molecule has 0 saturated heterocycles. The third kappa shape index (κ3) is 1.19. The molecule has 11 heavy (non-hydrogen) atoms. The maximum atomic E-state index is 8.78. The summed E-state index contributed by atoms with van der Waals surface area (Å²) >= 11 is 1.67. The lowest BCUT2D eigenvalue weighted by Crippen LogP contribution is -1.98. The van der Waals surface area contributed by atoms with Gasteiger partial charge in [-0.05, 0) is 12.8 Å². The van der Waals surface area contributed by atoms with E-state index in [9.17, 15) is 0 Å². The van der Waals surface area contributed by atoms with Crippen LogP contribution in [0.2, 0.25) is 0 Å². The Morgan fingerprint density at radius 3 is 2.91 bits per heavy atom. The van der Waals surface area contributed by atoms with Crippen LogP contribution < -0.4 is 0 Å². The van der Waals surface area contributed by atoms with E-state index in [1.54, 1.807) is 11.3 Å². The van der Waals surface area contributed by atoms with E-state index in [2.05, 4.69) is 11.9 Å². The lowest BCUT2D eigenvalue weighted by Gasteiger charge is -2.00. The number of aliphatic hydroxyl groups is 1. The first kappa shape index (κ1) is 7.25. The summed E-state index contributed by atoms with van der Waals surface area (Å²) in [6, 6.07) is 0. The molecular weight excluding hydrogens is 158 g/mol. The van der Waals surface area contributed by atoms with E-state index in [4.69, 9.17) is 5.11 Å². The second kappa shape index (κ2) is 2.29. The zero-order valence-electron chi connectivity index (χ0n) is 6.50. The summed E-state index contributed by atoms with van der Waals surface area (Å²) in [4.78, 5) is 4.33. The van der Waals surface area contributed by atoms with Crippen molar-refractivity contribution in [2.75, 3.05) is 0 Å². The van der Waals surface area contributed by atoms with Crippen molar-refractivity contribution in [3.8, 4) is 0 Å². The highest BCUT2D eigenvalue weighted by molar-refractivity contribution is 7.09. The topological polar surface area (TPSA) is 33.1 Å². The Hall–Kier alpha value is -0.410. The van der Waals surface area contributed by atoms with E-state index in [1.165, 1.54) is 17.8 Å². The fraction of sp³-hybridized carbons (Fsp3) is 0.625. The first-order valence-corrected chi connectivity index (χ1v) is 4.68. The molecule has 0 spiro atoms. The Morgan fingerprint density at radius 2 is 2.45 bits per heavy atom. The Bertz CT molecular complexity index is 265. The summed E-state index contributed by atoms with van der Waals surface area (Å²) in [7, 11) is 0. The SMILES string of the molecule is CC1(c2nc(CO)cs2)CC1. The third-order valence-electron chi connectivity index (χ3n) is 2.23. The van der Waals surface area contributed by atoms with Gasteiger partial charge in [-0.1, -0.05) is 6.92 Å². The molecule has 2 rings (SSSR count). The van der Waals surface area contributed by atoms with Crippen molar-refractivity contribution in [2.24, 2.45) is 0 Å². The zero-order valence-corrected chi connectivity index (χ0v) is 7.32. The van der Waals surface area contributed by atoms with Gasteiger partial charge in [0.2, 0.25) is 0 Å². The molecule has 1 aliphatic rings. The van der Waals surface area contributed by atoms with Crippen LogP contribution in [0.5, 0.6) is 0 Å². The minimum Gasteiger partial charge on any atom is -0.390 e. The van der Waals surface area contributed by atoms with Crippen LogP contribution in [-0.4, -0.2) is 10.1 Å². The monoisotopic (exact) mass is 169 g/mol. The summed E-state index contributed by atoms with van der Waals surface area (Å²) in [5.74, 6) is 0. The molecule has 0 atom stereocenters. The normalized spacial score (nSPS) is 20.2. The molecule has 60 valence electrons. The van der Waals surface area contributed by atoms with Gasteiger partial charge in [-0.25, -0.2) is 4.98 Å². The molecule has 1 heterocycles. The van der Waals surface area contributed by atoms with Crippen molar-refractivity contribution in [1.29, 1.82) is 0 Å². The van der Waals surface area contributed by atoms with E-state index < -0.39 is 0 Å². The molecule has 1 aromatic rings. The number of aliphatic hydroxyl groups excluding tert-OH is 1. The van der Waals surface area contributed by atoms with Crippen LogP contribution in [0, 0.1) is 0 Å². The molecule has 2 nitrogen and oxygen atoms in total. The molecule has 0 aromatic carbocycles. The molecule has 1 fully saturated rings. The van der Waals surface area contributed by atoms with E-state index in [0.29, 0.717) is 5.41 Å². The van der Waals surface area contributed by atoms with Gasteiger partial charge in [0.05, 0.1) is 17.3 Å². The number of hydrogen-bond donors (Lipinski definition) is 1. The van der Waals surface area contributed by atoms with Gasteiger partial charge in [-0.3, -0.25) is 0 Å². The van der Waals surface area contributed by atoms with Gasteiger partial charge in [-0.2, -0.15) is 0 Å². The second-order valence-electron chi connectivity index (χ2n) is 3.36. The largest absolute Gasteiger partial charge is 0.390 e. The number of thiazole rings is 1. The van der Waals surface area contributed by atoms with Crippen molar-refractivity contribution in [1.82, 2.24) is 4.98 Å². The maximum Gasteiger partial charge on any atom is 0.0988 e. The molecule has 1 aromatic heterocycles. The number of rotatable bonds is 2. The minimum absolute atomic E-state index is 0.0760. The smallest absolute Gasteiger partial charge is 0.0988 e. The van der Waals surface area contributed by atoms with Crippen LogP contribution in [0.15, 0.2) is 5.38 Å². The summed E-state index contributed by atoms with van der Waals surface area (Å²) in [6.07, 6.45) is 2.51. The predicted molar refractivity (Wildman–Crippen MR) is 44.6 cm³/mol. The van der Waals surface area contributed by atoms with Gasteiger partial charge >= 0.3 is 0 Å². The molecule has 1 aliphatic carbocycles. The van der Waals surface area contributed by atoms with Crippen LogP contribution in [-0.2, 0) is 12.0 Å². The lowest BCUT2D eigenvalue weighted by atomic mass is 10.2. The predicted octanol–water partition coefficient (Wildman–Crippen LogP) is 1.69. The summed E-state index contributed by atoms with van der Waals surface area (Å²) < 4.78 is 0. The average Bonchev–Trinajstić information content (AvgIpc) is 2.61. The van der Waals surface area contributed by atoms with E-state index in [1.807, 2.05) is 5.38 Å². The van der Waals surface area contributed by atoms with Gasteiger partial charge in [0.1, 0.15) is 0 Å². The number of aromatic nitrogens is 1. The molecule has 0 unspecified atom stereocenters. The first-order chi connectivity index (χ1) is 5.24. The number of hydrogen-bond acceptors (Lipinski definition) is 3. The molecular formula is C8H11NOS. The van der Waals surface area contributed by atoms with Crippen molar-refractivity contribution >= 4 is 11.3 Å². The van der Waals surface area contributed by atoms with Crippen LogP contribution >= 0.6 is 11.3 Å². The molecule has 0 aliphatic heterocycles. The van der Waals surface area contributed by atoms with E-state index in [-0.39, 0.29) is 6.61 Å². The standard InChI is InChI=1S/C8H11NOS/c1-8(2-3-8)7-9-6(4-10)5-11-7/h5,10H,2-4H2,1H3. The van der Waals surface area contributed by atoms with Gasteiger partial charge in [0, 0.05) is 10.8 Å². The van der Waals surface area contributed by atoms with E-state index in [0.717, 1.165) is 5.69 Å². The van der Waals surface area contributed by atoms with Gasteiger partial charge in [0.25, 0.3) is 0 Å². The fourth-order valence-corrected chi connectivity index (χ4v) is 2.09. The van der Waals surface area contributed by atoms with Crippen molar-refractivity contribution < 1.29 is 5.11 Å². The zero-order chi connectivity index (χ0) is 7.90. The Balaban J connectivity index is 2.25. The highest BCUT2D eigenvalue weighted by Gasteiger charge is 2.41. The van der Waals surface area contributed by atoms with Crippen molar-refractivity contribution in [3.63, 3.8) is 0 Å². The maximum absolute atomic E-state index is 8.78. The summed E-state index contributed by atoms with van der Waals surface area (Å²) in [5, 5.41) is 11.9. The molecule has 1 saturated carbocycles. The quantitative estimate of drug-likeness (QED) is 0.730. The van der Waals surface area contributed by atoms with Crippen LogP contribution in [0.25, 0.3) is 0 Å². The summed E-state index contributed by atoms with van der Waals surface area (Å²) in [5.41, 5.74) is 1.18. The molecule has 0 bridgehead atoms. The third-order valence-corrected chi connectivity index (χ3v) is 3.43. The highest BCUT2D eigenvalue weighted by Crippen LogP contribution is 2.48. The number of nitrogens with zero attached hydrogens (tertiary/aromatic N) is 1. The summed E-state index contributed by atoms with van der Waals surface area (Å²) in [6.45, 7) is 2.31. The highest BCUT2D eigenvalue weighted by atomic mass is 32.1. The second-order valence-corrected chi connectivity index (χ2v) is 4.22. The van der Waals surface area contributed by atoms with Gasteiger partial charge < -0.3 is 5.11 Å². The van der Waals surface area contributed by atoms with Crippen molar-refractivity contribution in [2.45, 2.75) is 31.8 Å². The van der Waals surface area contributed by atoms with Crippen LogP contribution in [0.4, 0.5) is 0 Å². The Kier molecular flexibility index (Phi) is 1.51. The molecule has 1 N–H and O–H groups in total. The average molecular weight is 169 g/mol. The van der Waals surface area contributed by atoms with Gasteiger partial charge in [0.15, 0.2) is 0 Å².